The summed E-state index contributed by atoms with van der Waals surface area (Å²) in [6.07, 6.45) is 2.34. The molecule has 1 aromatic carbocycles. The fourth-order valence-electron chi connectivity index (χ4n) is 1.38. The van der Waals surface area contributed by atoms with Gasteiger partial charge in [-0.3, -0.25) is 4.79 Å². The van der Waals surface area contributed by atoms with Crippen LogP contribution in [0, 0.1) is 5.82 Å². The van der Waals surface area contributed by atoms with E-state index in [0.717, 1.165) is 0 Å². The molecule has 0 atom stereocenters. The number of allylic oxidation sites excluding steroid dienone is 1. The molecule has 0 aromatic heterocycles. The first kappa shape index (κ1) is 10.2. The fraction of sp³-hybridized carbons (Fsp3) is 0.182. The summed E-state index contributed by atoms with van der Waals surface area (Å²) in [7, 11) is 0. The first-order valence-electron chi connectivity index (χ1n) is 4.51. The summed E-state index contributed by atoms with van der Waals surface area (Å²) >= 11 is 5.69. The molecule has 0 amide bonds. The Morgan fingerprint density at radius 3 is 2.93 bits per heavy atom. The molecule has 2 nitrogen and oxygen atoms in total. The molecule has 0 saturated heterocycles. The van der Waals surface area contributed by atoms with Crippen LogP contribution >= 0.6 is 11.6 Å². The second kappa shape index (κ2) is 4.03. The van der Waals surface area contributed by atoms with Gasteiger partial charge in [0.15, 0.2) is 5.76 Å². The van der Waals surface area contributed by atoms with E-state index in [1.807, 2.05) is 0 Å². The van der Waals surface area contributed by atoms with E-state index in [1.54, 1.807) is 6.08 Å². The molecular formula is C11H8ClFO2. The minimum atomic E-state index is -0.583. The Morgan fingerprint density at radius 1 is 1.47 bits per heavy atom. The lowest BCUT2D eigenvalue weighted by atomic mass is 10.1. The zero-order chi connectivity index (χ0) is 10.8. The number of halogens is 2. The van der Waals surface area contributed by atoms with Crippen molar-refractivity contribution in [3.8, 4) is 0 Å². The summed E-state index contributed by atoms with van der Waals surface area (Å²) in [6.45, 7) is 0.475. The Labute approximate surface area is 91.3 Å². The standard InChI is InChI=1S/C11H8ClFO2/c12-7-3-4-9(13)8(6-7)11(14)10-2-1-5-15-10/h2-4,6H,1,5H2. The van der Waals surface area contributed by atoms with Gasteiger partial charge < -0.3 is 4.74 Å². The van der Waals surface area contributed by atoms with Crippen molar-refractivity contribution < 1.29 is 13.9 Å². The molecule has 0 spiro atoms. The Kier molecular flexibility index (Phi) is 2.73. The number of hydrogen-bond donors (Lipinski definition) is 0. The Hall–Kier alpha value is -1.35. The highest BCUT2D eigenvalue weighted by Gasteiger charge is 2.20. The van der Waals surface area contributed by atoms with E-state index in [9.17, 15) is 9.18 Å². The van der Waals surface area contributed by atoms with Gasteiger partial charge in [-0.1, -0.05) is 11.6 Å². The Morgan fingerprint density at radius 2 is 2.27 bits per heavy atom. The molecule has 15 heavy (non-hydrogen) atoms. The predicted molar refractivity (Wildman–Crippen MR) is 54.4 cm³/mol. The predicted octanol–water partition coefficient (Wildman–Crippen LogP) is 2.97. The third-order valence-corrected chi connectivity index (χ3v) is 2.34. The summed E-state index contributed by atoms with van der Waals surface area (Å²) in [5.74, 6) is -0.829. The molecule has 0 fully saturated rings. The van der Waals surface area contributed by atoms with Gasteiger partial charge in [0.05, 0.1) is 12.2 Å². The van der Waals surface area contributed by atoms with E-state index in [-0.39, 0.29) is 11.3 Å². The molecule has 0 unspecified atom stereocenters. The molecule has 0 saturated carbocycles. The van der Waals surface area contributed by atoms with Crippen molar-refractivity contribution in [2.24, 2.45) is 0 Å². The summed E-state index contributed by atoms with van der Waals surface area (Å²) in [5.41, 5.74) is -0.0457. The van der Waals surface area contributed by atoms with Crippen LogP contribution in [0.1, 0.15) is 16.8 Å². The molecule has 1 aromatic rings. The summed E-state index contributed by atoms with van der Waals surface area (Å²) in [6, 6.07) is 3.88. The lowest BCUT2D eigenvalue weighted by molar-refractivity contribution is 0.0938. The van der Waals surface area contributed by atoms with Gasteiger partial charge in [-0.05, 0) is 24.3 Å². The highest BCUT2D eigenvalue weighted by molar-refractivity contribution is 6.31. The van der Waals surface area contributed by atoms with Crippen LogP contribution in [-0.2, 0) is 4.74 Å². The SMILES string of the molecule is O=C(C1=CCCO1)c1cc(Cl)ccc1F. The average molecular weight is 227 g/mol. The van der Waals surface area contributed by atoms with Crippen molar-refractivity contribution in [1.82, 2.24) is 0 Å². The first-order chi connectivity index (χ1) is 7.18. The normalized spacial score (nSPS) is 14.7. The minimum absolute atomic E-state index is 0.0457. The number of Topliss-reactive ketones (excluding diaryl/α,β-unsaturated/α-hetero) is 1. The van der Waals surface area contributed by atoms with E-state index >= 15 is 0 Å². The number of rotatable bonds is 2. The maximum absolute atomic E-state index is 13.3. The van der Waals surface area contributed by atoms with Gasteiger partial charge in [0.25, 0.3) is 0 Å². The van der Waals surface area contributed by atoms with Crippen molar-refractivity contribution in [2.75, 3.05) is 6.61 Å². The summed E-state index contributed by atoms with van der Waals surface area (Å²) in [5, 5.41) is 0.332. The van der Waals surface area contributed by atoms with Crippen LogP contribution in [-0.4, -0.2) is 12.4 Å². The number of ether oxygens (including phenoxy) is 1. The number of ketones is 1. The number of carbonyl (C=O) groups excluding carboxylic acids is 1. The second-order valence-corrected chi connectivity index (χ2v) is 3.60. The number of benzene rings is 1. The maximum Gasteiger partial charge on any atom is 0.230 e. The monoisotopic (exact) mass is 226 g/mol. The van der Waals surface area contributed by atoms with Crippen LogP contribution in [0.4, 0.5) is 4.39 Å². The summed E-state index contributed by atoms with van der Waals surface area (Å²) < 4.78 is 18.4. The molecule has 2 rings (SSSR count). The number of carbonyl (C=O) groups is 1. The molecular weight excluding hydrogens is 219 g/mol. The maximum atomic E-state index is 13.3. The zero-order valence-corrected chi connectivity index (χ0v) is 8.55. The van der Waals surface area contributed by atoms with Crippen molar-refractivity contribution >= 4 is 17.4 Å². The van der Waals surface area contributed by atoms with Gasteiger partial charge in [-0.25, -0.2) is 4.39 Å². The third-order valence-electron chi connectivity index (χ3n) is 2.10. The largest absolute Gasteiger partial charge is 0.489 e. The van der Waals surface area contributed by atoms with E-state index in [1.165, 1.54) is 18.2 Å². The average Bonchev–Trinajstić information content (AvgIpc) is 2.74. The number of hydrogen-bond acceptors (Lipinski definition) is 2. The molecule has 0 radical (unpaired) electrons. The topological polar surface area (TPSA) is 26.3 Å². The van der Waals surface area contributed by atoms with E-state index in [4.69, 9.17) is 16.3 Å². The highest BCUT2D eigenvalue weighted by atomic mass is 35.5. The molecule has 0 N–H and O–H groups in total. The first-order valence-corrected chi connectivity index (χ1v) is 4.89. The second-order valence-electron chi connectivity index (χ2n) is 3.16. The highest BCUT2D eigenvalue weighted by Crippen LogP contribution is 2.20. The Bertz CT molecular complexity index is 440. The van der Waals surface area contributed by atoms with Crippen LogP contribution in [0.3, 0.4) is 0 Å². The van der Waals surface area contributed by atoms with Crippen LogP contribution < -0.4 is 0 Å². The van der Waals surface area contributed by atoms with E-state index < -0.39 is 11.6 Å². The zero-order valence-electron chi connectivity index (χ0n) is 7.80. The van der Waals surface area contributed by atoms with E-state index in [0.29, 0.717) is 18.1 Å². The lowest BCUT2D eigenvalue weighted by Gasteiger charge is -2.04. The van der Waals surface area contributed by atoms with Crippen LogP contribution in [0.25, 0.3) is 0 Å². The van der Waals surface area contributed by atoms with Crippen LogP contribution in [0.15, 0.2) is 30.0 Å². The lowest BCUT2D eigenvalue weighted by Crippen LogP contribution is -2.06. The molecule has 1 aliphatic rings. The molecule has 1 heterocycles. The molecule has 4 heteroatoms. The minimum Gasteiger partial charge on any atom is -0.489 e. The van der Waals surface area contributed by atoms with Crippen molar-refractivity contribution in [3.05, 3.63) is 46.4 Å². The van der Waals surface area contributed by atoms with Gasteiger partial charge in [-0.2, -0.15) is 0 Å². The van der Waals surface area contributed by atoms with Gasteiger partial charge in [0.1, 0.15) is 5.82 Å². The molecule has 1 aliphatic heterocycles. The van der Waals surface area contributed by atoms with Crippen molar-refractivity contribution in [1.29, 1.82) is 0 Å². The van der Waals surface area contributed by atoms with E-state index in [2.05, 4.69) is 0 Å². The van der Waals surface area contributed by atoms with Gasteiger partial charge in [0, 0.05) is 11.4 Å². The summed E-state index contributed by atoms with van der Waals surface area (Å²) in [4.78, 5) is 11.7. The fourth-order valence-corrected chi connectivity index (χ4v) is 1.55. The van der Waals surface area contributed by atoms with Crippen molar-refractivity contribution in [2.45, 2.75) is 6.42 Å². The molecule has 0 bridgehead atoms. The van der Waals surface area contributed by atoms with Gasteiger partial charge >= 0.3 is 0 Å². The van der Waals surface area contributed by atoms with Gasteiger partial charge in [0.2, 0.25) is 5.78 Å². The molecule has 0 aliphatic carbocycles. The Balaban J connectivity index is 2.36. The smallest absolute Gasteiger partial charge is 0.230 e. The van der Waals surface area contributed by atoms with Gasteiger partial charge in [-0.15, -0.1) is 0 Å². The third kappa shape index (κ3) is 2.02. The van der Waals surface area contributed by atoms with Crippen LogP contribution in [0.2, 0.25) is 5.02 Å². The molecule has 78 valence electrons. The van der Waals surface area contributed by atoms with Crippen molar-refractivity contribution in [3.63, 3.8) is 0 Å². The quantitative estimate of drug-likeness (QED) is 0.725. The van der Waals surface area contributed by atoms with Crippen LogP contribution in [0.5, 0.6) is 0 Å².